The summed E-state index contributed by atoms with van der Waals surface area (Å²) < 4.78 is 0. The molecule has 22 heavy (non-hydrogen) atoms. The van der Waals surface area contributed by atoms with E-state index in [0.717, 1.165) is 16.0 Å². The van der Waals surface area contributed by atoms with Crippen LogP contribution < -0.4 is 10.6 Å². The Labute approximate surface area is 129 Å². The average Bonchev–Trinajstić information content (AvgIpc) is 2.59. The second-order valence-electron chi connectivity index (χ2n) is 4.82. The van der Waals surface area contributed by atoms with Gasteiger partial charge in [0.1, 0.15) is 0 Å². The molecule has 0 aliphatic heterocycles. The third-order valence-electron chi connectivity index (χ3n) is 3.36. The van der Waals surface area contributed by atoms with Gasteiger partial charge >= 0.3 is 12.1 Å². The fourth-order valence-corrected chi connectivity index (χ4v) is 2.13. The van der Waals surface area contributed by atoms with E-state index in [2.05, 4.69) is 10.6 Å². The summed E-state index contributed by atoms with van der Waals surface area (Å²) in [6.07, 6.45) is 0. The Kier molecular flexibility index (Phi) is 5.14. The van der Waals surface area contributed by atoms with E-state index in [4.69, 9.17) is 0 Å². The number of carbonyl (C=O) groups is 2. The first-order valence-corrected chi connectivity index (χ1v) is 6.99. The van der Waals surface area contributed by atoms with Gasteiger partial charge in [-0.3, -0.25) is 0 Å². The molecule has 2 aromatic rings. The van der Waals surface area contributed by atoms with E-state index in [0.29, 0.717) is 0 Å². The minimum atomic E-state index is -0.461. The highest BCUT2D eigenvalue weighted by Gasteiger charge is 2.21. The van der Waals surface area contributed by atoms with Crippen molar-refractivity contribution >= 4 is 12.1 Å². The number of imide groups is 1. The second-order valence-corrected chi connectivity index (χ2v) is 4.82. The van der Waals surface area contributed by atoms with Crippen LogP contribution in [0.4, 0.5) is 9.59 Å². The molecule has 2 N–H and O–H groups in total. The molecule has 2 aromatic carbocycles. The van der Waals surface area contributed by atoms with Gasteiger partial charge in [0, 0.05) is 14.1 Å². The molecule has 0 unspecified atom stereocenters. The molecule has 0 bridgehead atoms. The summed E-state index contributed by atoms with van der Waals surface area (Å²) in [6.45, 7) is 0. The monoisotopic (exact) mass is 297 g/mol. The van der Waals surface area contributed by atoms with Gasteiger partial charge in [0.2, 0.25) is 0 Å². The Morgan fingerprint density at radius 2 is 1.32 bits per heavy atom. The number of urea groups is 2. The Hall–Kier alpha value is -2.82. The van der Waals surface area contributed by atoms with Gasteiger partial charge in [0.05, 0.1) is 6.04 Å². The summed E-state index contributed by atoms with van der Waals surface area (Å²) in [7, 11) is 2.92. The van der Waals surface area contributed by atoms with Crippen molar-refractivity contribution in [3.05, 3.63) is 71.8 Å². The van der Waals surface area contributed by atoms with Crippen LogP contribution in [0.1, 0.15) is 17.2 Å². The smallest absolute Gasteiger partial charge is 0.326 e. The fourth-order valence-electron chi connectivity index (χ4n) is 2.13. The standard InChI is InChI=1S/C17H19N3O2/c1-18-16(21)20(2)17(22)19-15(13-9-5-3-6-10-13)14-11-7-4-8-12-14/h3-12,15H,1-2H3,(H,18,21)(H,19,22). The van der Waals surface area contributed by atoms with Crippen molar-refractivity contribution in [1.82, 2.24) is 15.5 Å². The van der Waals surface area contributed by atoms with Crippen LogP contribution in [0.2, 0.25) is 0 Å². The van der Waals surface area contributed by atoms with Crippen molar-refractivity contribution in [2.24, 2.45) is 0 Å². The lowest BCUT2D eigenvalue weighted by molar-refractivity contribution is 0.194. The molecule has 2 rings (SSSR count). The van der Waals surface area contributed by atoms with Gasteiger partial charge in [-0.1, -0.05) is 60.7 Å². The summed E-state index contributed by atoms with van der Waals surface area (Å²) in [6, 6.07) is 18.0. The molecule has 0 aliphatic rings. The second kappa shape index (κ2) is 7.26. The molecular weight excluding hydrogens is 278 g/mol. The van der Waals surface area contributed by atoms with E-state index < -0.39 is 12.1 Å². The summed E-state index contributed by atoms with van der Waals surface area (Å²) in [5.74, 6) is 0. The number of amides is 4. The summed E-state index contributed by atoms with van der Waals surface area (Å²) >= 11 is 0. The highest BCUT2D eigenvalue weighted by Crippen LogP contribution is 2.21. The lowest BCUT2D eigenvalue weighted by Crippen LogP contribution is -2.46. The first-order chi connectivity index (χ1) is 10.6. The van der Waals surface area contributed by atoms with Crippen LogP contribution in [0, 0.1) is 0 Å². The highest BCUT2D eigenvalue weighted by molar-refractivity contribution is 5.93. The molecule has 0 saturated carbocycles. The number of hydrogen-bond donors (Lipinski definition) is 2. The highest BCUT2D eigenvalue weighted by atomic mass is 16.2. The maximum Gasteiger partial charge on any atom is 0.326 e. The molecule has 5 heteroatoms. The summed E-state index contributed by atoms with van der Waals surface area (Å²) in [5, 5.41) is 5.32. The van der Waals surface area contributed by atoms with Crippen molar-refractivity contribution in [2.45, 2.75) is 6.04 Å². The van der Waals surface area contributed by atoms with Crippen LogP contribution in [0.25, 0.3) is 0 Å². The Bertz CT molecular complexity index is 589. The van der Waals surface area contributed by atoms with Crippen LogP contribution in [0.5, 0.6) is 0 Å². The summed E-state index contributed by atoms with van der Waals surface area (Å²) in [5.41, 5.74) is 1.90. The number of rotatable bonds is 3. The molecule has 0 spiro atoms. The van der Waals surface area contributed by atoms with Gasteiger partial charge in [0.25, 0.3) is 0 Å². The van der Waals surface area contributed by atoms with Crippen LogP contribution in [0.3, 0.4) is 0 Å². The van der Waals surface area contributed by atoms with Crippen molar-refractivity contribution < 1.29 is 9.59 Å². The first-order valence-electron chi connectivity index (χ1n) is 6.99. The predicted molar refractivity (Wildman–Crippen MR) is 85.5 cm³/mol. The maximum absolute atomic E-state index is 12.3. The Morgan fingerprint density at radius 1 is 0.864 bits per heavy atom. The number of hydrogen-bond acceptors (Lipinski definition) is 2. The quantitative estimate of drug-likeness (QED) is 0.915. The van der Waals surface area contributed by atoms with Crippen molar-refractivity contribution in [1.29, 1.82) is 0 Å². The molecule has 0 fully saturated rings. The van der Waals surface area contributed by atoms with E-state index in [-0.39, 0.29) is 6.04 Å². The molecule has 114 valence electrons. The van der Waals surface area contributed by atoms with Crippen molar-refractivity contribution in [3.63, 3.8) is 0 Å². The first kappa shape index (κ1) is 15.6. The van der Waals surface area contributed by atoms with E-state index in [1.165, 1.54) is 14.1 Å². The summed E-state index contributed by atoms with van der Waals surface area (Å²) in [4.78, 5) is 24.8. The SMILES string of the molecule is CNC(=O)N(C)C(=O)NC(c1ccccc1)c1ccccc1. The Morgan fingerprint density at radius 3 is 1.73 bits per heavy atom. The number of nitrogens with one attached hydrogen (secondary N) is 2. The van der Waals surface area contributed by atoms with Gasteiger partial charge in [-0.2, -0.15) is 0 Å². The molecule has 0 atom stereocenters. The normalized spacial score (nSPS) is 10.1. The molecular formula is C17H19N3O2. The Balaban J connectivity index is 2.27. The minimum Gasteiger partial charge on any atom is -0.341 e. The average molecular weight is 297 g/mol. The largest absolute Gasteiger partial charge is 0.341 e. The number of carbonyl (C=O) groups excluding carboxylic acids is 2. The van der Waals surface area contributed by atoms with Gasteiger partial charge in [-0.25, -0.2) is 14.5 Å². The minimum absolute atomic E-state index is 0.318. The van der Waals surface area contributed by atoms with Crippen molar-refractivity contribution in [3.8, 4) is 0 Å². The van der Waals surface area contributed by atoms with Gasteiger partial charge in [-0.15, -0.1) is 0 Å². The van der Waals surface area contributed by atoms with Crippen molar-refractivity contribution in [2.75, 3.05) is 14.1 Å². The van der Waals surface area contributed by atoms with E-state index in [1.54, 1.807) is 0 Å². The lowest BCUT2D eigenvalue weighted by atomic mass is 9.99. The number of nitrogens with zero attached hydrogens (tertiary/aromatic N) is 1. The molecule has 0 aliphatic carbocycles. The molecule has 5 nitrogen and oxygen atoms in total. The molecule has 0 saturated heterocycles. The molecule has 4 amide bonds. The topological polar surface area (TPSA) is 61.4 Å². The van der Waals surface area contributed by atoms with Crippen LogP contribution in [-0.4, -0.2) is 31.1 Å². The maximum atomic E-state index is 12.3. The lowest BCUT2D eigenvalue weighted by Gasteiger charge is -2.23. The zero-order valence-electron chi connectivity index (χ0n) is 12.6. The van der Waals surface area contributed by atoms with E-state index in [9.17, 15) is 9.59 Å². The van der Waals surface area contributed by atoms with Crippen LogP contribution in [-0.2, 0) is 0 Å². The molecule has 0 aromatic heterocycles. The van der Waals surface area contributed by atoms with Crippen LogP contribution in [0.15, 0.2) is 60.7 Å². The van der Waals surface area contributed by atoms with Gasteiger partial charge in [-0.05, 0) is 11.1 Å². The molecule has 0 heterocycles. The zero-order chi connectivity index (χ0) is 15.9. The predicted octanol–water partition coefficient (Wildman–Crippen LogP) is 2.76. The fraction of sp³-hybridized carbons (Fsp3) is 0.176. The zero-order valence-corrected chi connectivity index (χ0v) is 12.6. The van der Waals surface area contributed by atoms with Gasteiger partial charge in [0.15, 0.2) is 0 Å². The third-order valence-corrected chi connectivity index (χ3v) is 3.36. The third kappa shape index (κ3) is 3.63. The van der Waals surface area contributed by atoms with Crippen LogP contribution >= 0.6 is 0 Å². The molecule has 0 radical (unpaired) electrons. The van der Waals surface area contributed by atoms with Gasteiger partial charge < -0.3 is 10.6 Å². The van der Waals surface area contributed by atoms with E-state index >= 15 is 0 Å². The number of benzene rings is 2. The van der Waals surface area contributed by atoms with E-state index in [1.807, 2.05) is 60.7 Å².